The normalized spacial score (nSPS) is 20.2. The molecule has 18 heavy (non-hydrogen) atoms. The van der Waals surface area contributed by atoms with E-state index in [-0.39, 0.29) is 23.0 Å². The number of nitrogens with one attached hydrogen (secondary N) is 1. The van der Waals surface area contributed by atoms with Crippen molar-refractivity contribution in [3.63, 3.8) is 0 Å². The summed E-state index contributed by atoms with van der Waals surface area (Å²) in [6, 6.07) is 3.64. The van der Waals surface area contributed by atoms with E-state index in [1.165, 1.54) is 18.2 Å². The van der Waals surface area contributed by atoms with E-state index in [1.807, 2.05) is 0 Å². The molecule has 1 atom stereocenters. The van der Waals surface area contributed by atoms with E-state index in [9.17, 15) is 12.8 Å². The van der Waals surface area contributed by atoms with E-state index in [4.69, 9.17) is 10.5 Å². The lowest BCUT2D eigenvalue weighted by atomic mass is 10.2. The number of hydrogen-bond acceptors (Lipinski definition) is 4. The molecule has 1 aromatic rings. The number of rotatable bonds is 4. The Bertz CT molecular complexity index is 527. The highest BCUT2D eigenvalue weighted by Gasteiger charge is 2.26. The van der Waals surface area contributed by atoms with Gasteiger partial charge in [0.2, 0.25) is 10.0 Å². The Labute approximate surface area is 105 Å². The summed E-state index contributed by atoms with van der Waals surface area (Å²) in [4.78, 5) is -0.100. The van der Waals surface area contributed by atoms with Crippen LogP contribution in [0.4, 0.5) is 4.39 Å². The van der Waals surface area contributed by atoms with Gasteiger partial charge < -0.3 is 10.5 Å². The molecule has 5 nitrogen and oxygen atoms in total. The maximum absolute atomic E-state index is 13.5. The van der Waals surface area contributed by atoms with Crippen molar-refractivity contribution in [2.24, 2.45) is 5.73 Å². The molecular formula is C11H15FN2O3S. The Balaban J connectivity index is 2.31. The molecule has 0 aromatic heterocycles. The second-order valence-corrected chi connectivity index (χ2v) is 5.78. The van der Waals surface area contributed by atoms with E-state index in [1.54, 1.807) is 0 Å². The molecule has 0 spiro atoms. The number of halogens is 1. The first-order valence-electron chi connectivity index (χ1n) is 5.62. The molecule has 0 amide bonds. The molecule has 1 saturated heterocycles. The summed E-state index contributed by atoms with van der Waals surface area (Å²) in [5.41, 5.74) is 5.40. The van der Waals surface area contributed by atoms with E-state index in [0.717, 1.165) is 0 Å². The molecule has 1 aromatic carbocycles. The summed E-state index contributed by atoms with van der Waals surface area (Å²) in [6.45, 7) is 0.705. The van der Waals surface area contributed by atoms with Crippen molar-refractivity contribution < 1.29 is 17.5 Å². The molecule has 1 fully saturated rings. The fourth-order valence-corrected chi connectivity index (χ4v) is 3.41. The molecule has 100 valence electrons. The van der Waals surface area contributed by atoms with Crippen LogP contribution in [0.5, 0.6) is 0 Å². The van der Waals surface area contributed by atoms with Crippen molar-refractivity contribution in [3.05, 3.63) is 29.6 Å². The zero-order chi connectivity index (χ0) is 13.2. The van der Waals surface area contributed by atoms with Crippen molar-refractivity contribution >= 4 is 10.0 Å². The zero-order valence-electron chi connectivity index (χ0n) is 9.73. The van der Waals surface area contributed by atoms with E-state index in [0.29, 0.717) is 19.6 Å². The van der Waals surface area contributed by atoms with Crippen LogP contribution in [-0.2, 0) is 21.3 Å². The van der Waals surface area contributed by atoms with Gasteiger partial charge in [-0.1, -0.05) is 6.07 Å². The van der Waals surface area contributed by atoms with Crippen molar-refractivity contribution in [3.8, 4) is 0 Å². The van der Waals surface area contributed by atoms with Crippen LogP contribution in [0.3, 0.4) is 0 Å². The number of benzene rings is 1. The summed E-state index contributed by atoms with van der Waals surface area (Å²) < 4.78 is 45.4. The number of ether oxygens (including phenoxy) is 1. The van der Waals surface area contributed by atoms with Gasteiger partial charge in [-0.25, -0.2) is 17.5 Å². The number of sulfonamides is 1. The Morgan fingerprint density at radius 1 is 1.50 bits per heavy atom. The summed E-state index contributed by atoms with van der Waals surface area (Å²) in [5, 5.41) is 0. The molecule has 0 radical (unpaired) electrons. The third-order valence-electron chi connectivity index (χ3n) is 2.82. The molecule has 7 heteroatoms. The summed E-state index contributed by atoms with van der Waals surface area (Å²) in [6.07, 6.45) is 0.618. The Hall–Kier alpha value is -1.02. The summed E-state index contributed by atoms with van der Waals surface area (Å²) in [5.74, 6) is -0.608. The molecule has 1 heterocycles. The molecule has 0 aliphatic carbocycles. The summed E-state index contributed by atoms with van der Waals surface area (Å²) >= 11 is 0. The third kappa shape index (κ3) is 2.69. The second-order valence-electron chi connectivity index (χ2n) is 4.10. The molecule has 1 unspecified atom stereocenters. The van der Waals surface area contributed by atoms with Crippen LogP contribution in [0.1, 0.15) is 12.0 Å². The average molecular weight is 274 g/mol. The first kappa shape index (κ1) is 13.4. The van der Waals surface area contributed by atoms with Crippen molar-refractivity contribution in [2.75, 3.05) is 13.2 Å². The van der Waals surface area contributed by atoms with Crippen LogP contribution < -0.4 is 10.5 Å². The van der Waals surface area contributed by atoms with Crippen LogP contribution in [0.2, 0.25) is 0 Å². The van der Waals surface area contributed by atoms with Gasteiger partial charge in [0.05, 0.1) is 11.5 Å². The lowest BCUT2D eigenvalue weighted by molar-refractivity contribution is 0.192. The Kier molecular flexibility index (Phi) is 3.96. The van der Waals surface area contributed by atoms with Crippen LogP contribution >= 0.6 is 0 Å². The van der Waals surface area contributed by atoms with E-state index >= 15 is 0 Å². The number of hydrogen-bond donors (Lipinski definition) is 2. The van der Waals surface area contributed by atoms with Gasteiger partial charge in [0.1, 0.15) is 5.82 Å². The van der Waals surface area contributed by atoms with Crippen LogP contribution in [0, 0.1) is 5.82 Å². The topological polar surface area (TPSA) is 81.4 Å². The largest absolute Gasteiger partial charge is 0.380 e. The Morgan fingerprint density at radius 3 is 2.89 bits per heavy atom. The fourth-order valence-electron chi connectivity index (χ4n) is 1.90. The molecule has 3 N–H and O–H groups in total. The van der Waals surface area contributed by atoms with Crippen molar-refractivity contribution in [1.82, 2.24) is 4.72 Å². The molecule has 1 aliphatic rings. The lowest BCUT2D eigenvalue weighted by Gasteiger charge is -2.14. The minimum Gasteiger partial charge on any atom is -0.380 e. The average Bonchev–Trinajstić information content (AvgIpc) is 2.80. The van der Waals surface area contributed by atoms with Gasteiger partial charge in [0, 0.05) is 24.8 Å². The van der Waals surface area contributed by atoms with Crippen LogP contribution in [0.15, 0.2) is 23.1 Å². The standard InChI is InChI=1S/C11H15FN2O3S/c12-10-2-1-3-11(9(10)6-13)18(15,16)14-8-4-5-17-7-8/h1-3,8,14H,4-7,13H2. The maximum Gasteiger partial charge on any atom is 0.241 e. The molecule has 0 saturated carbocycles. The van der Waals surface area contributed by atoms with Gasteiger partial charge in [-0.05, 0) is 18.6 Å². The smallest absolute Gasteiger partial charge is 0.241 e. The highest BCUT2D eigenvalue weighted by molar-refractivity contribution is 7.89. The van der Waals surface area contributed by atoms with Gasteiger partial charge in [0.25, 0.3) is 0 Å². The van der Waals surface area contributed by atoms with Gasteiger partial charge >= 0.3 is 0 Å². The van der Waals surface area contributed by atoms with E-state index < -0.39 is 15.8 Å². The van der Waals surface area contributed by atoms with Crippen molar-refractivity contribution in [1.29, 1.82) is 0 Å². The first-order chi connectivity index (χ1) is 8.54. The quantitative estimate of drug-likeness (QED) is 0.830. The first-order valence-corrected chi connectivity index (χ1v) is 7.10. The zero-order valence-corrected chi connectivity index (χ0v) is 10.5. The highest BCUT2D eigenvalue weighted by Crippen LogP contribution is 2.19. The van der Waals surface area contributed by atoms with Gasteiger partial charge in [0.15, 0.2) is 0 Å². The van der Waals surface area contributed by atoms with Gasteiger partial charge in [-0.2, -0.15) is 0 Å². The lowest BCUT2D eigenvalue weighted by Crippen LogP contribution is -2.35. The SMILES string of the molecule is NCc1c(F)cccc1S(=O)(=O)NC1CCOC1. The molecule has 1 aliphatic heterocycles. The predicted molar refractivity (Wildman–Crippen MR) is 63.8 cm³/mol. The molecule has 2 rings (SSSR count). The minimum absolute atomic E-state index is 0.00363. The van der Waals surface area contributed by atoms with Gasteiger partial charge in [-0.15, -0.1) is 0 Å². The second kappa shape index (κ2) is 5.31. The van der Waals surface area contributed by atoms with E-state index in [2.05, 4.69) is 4.72 Å². The summed E-state index contributed by atoms with van der Waals surface area (Å²) in [7, 11) is -3.76. The van der Waals surface area contributed by atoms with Crippen LogP contribution in [0.25, 0.3) is 0 Å². The predicted octanol–water partition coefficient (Wildman–Crippen LogP) is 0.352. The van der Waals surface area contributed by atoms with Crippen molar-refractivity contribution in [2.45, 2.75) is 23.9 Å². The Morgan fingerprint density at radius 2 is 2.28 bits per heavy atom. The maximum atomic E-state index is 13.5. The third-order valence-corrected chi connectivity index (χ3v) is 4.43. The fraction of sp³-hybridized carbons (Fsp3) is 0.455. The molecular weight excluding hydrogens is 259 g/mol. The van der Waals surface area contributed by atoms with Crippen LogP contribution in [-0.4, -0.2) is 27.7 Å². The highest BCUT2D eigenvalue weighted by atomic mass is 32.2. The number of nitrogens with two attached hydrogens (primary N) is 1. The van der Waals surface area contributed by atoms with Gasteiger partial charge in [-0.3, -0.25) is 0 Å². The molecule has 0 bridgehead atoms. The monoisotopic (exact) mass is 274 g/mol. The minimum atomic E-state index is -3.76.